The van der Waals surface area contributed by atoms with Crippen LogP contribution in [0, 0.1) is 0 Å². The van der Waals surface area contributed by atoms with Crippen molar-refractivity contribution in [1.29, 1.82) is 0 Å². The number of rotatable bonds is 3. The predicted molar refractivity (Wildman–Crippen MR) is 101 cm³/mol. The van der Waals surface area contributed by atoms with Crippen LogP contribution in [-0.2, 0) is 17.8 Å². The fraction of sp³-hybridized carbons (Fsp3) is 0.250. The second-order valence-corrected chi connectivity index (χ2v) is 6.99. The Morgan fingerprint density at radius 2 is 2.12 bits per heavy atom. The standard InChI is InChI=1S/C20H18ClN3O2/c21-14-8-9-17-16(10-14)20(26)24(12-22-17)11-19(25)23-18-7-3-5-13-4-1-2-6-15(13)18/h1-2,4,6,8-10,12,18H,3,5,7,11H2,(H,23,25)/t18-/m1/s1. The molecule has 0 unspecified atom stereocenters. The molecular weight excluding hydrogens is 350 g/mol. The normalized spacial score (nSPS) is 16.3. The molecule has 0 fully saturated rings. The van der Waals surface area contributed by atoms with Crippen molar-refractivity contribution < 1.29 is 4.79 Å². The maximum Gasteiger partial charge on any atom is 0.261 e. The summed E-state index contributed by atoms with van der Waals surface area (Å²) >= 11 is 5.97. The summed E-state index contributed by atoms with van der Waals surface area (Å²) in [5, 5.41) is 3.94. The highest BCUT2D eigenvalue weighted by atomic mass is 35.5. The number of nitrogens with zero attached hydrogens (tertiary/aromatic N) is 2. The summed E-state index contributed by atoms with van der Waals surface area (Å²) < 4.78 is 1.32. The number of aryl methyl sites for hydroxylation is 1. The zero-order valence-electron chi connectivity index (χ0n) is 14.1. The molecule has 0 aliphatic heterocycles. The Morgan fingerprint density at radius 3 is 3.00 bits per heavy atom. The zero-order chi connectivity index (χ0) is 18.1. The van der Waals surface area contributed by atoms with Gasteiger partial charge in [-0.3, -0.25) is 14.2 Å². The minimum absolute atomic E-state index is 0.00832. The summed E-state index contributed by atoms with van der Waals surface area (Å²) in [5.41, 5.74) is 2.75. The fourth-order valence-corrected chi connectivity index (χ4v) is 3.71. The number of aromatic nitrogens is 2. The van der Waals surface area contributed by atoms with E-state index in [2.05, 4.69) is 22.4 Å². The van der Waals surface area contributed by atoms with Crippen LogP contribution in [0.5, 0.6) is 0 Å². The van der Waals surface area contributed by atoms with Gasteiger partial charge in [0.1, 0.15) is 6.54 Å². The van der Waals surface area contributed by atoms with Crippen molar-refractivity contribution in [3.63, 3.8) is 0 Å². The van der Waals surface area contributed by atoms with Crippen molar-refractivity contribution in [2.24, 2.45) is 0 Å². The smallest absolute Gasteiger partial charge is 0.261 e. The molecule has 1 heterocycles. The van der Waals surface area contributed by atoms with E-state index in [4.69, 9.17) is 11.6 Å². The van der Waals surface area contributed by atoms with E-state index in [1.807, 2.05) is 12.1 Å². The van der Waals surface area contributed by atoms with E-state index in [1.165, 1.54) is 22.0 Å². The first-order chi connectivity index (χ1) is 12.6. The highest BCUT2D eigenvalue weighted by molar-refractivity contribution is 6.31. The lowest BCUT2D eigenvalue weighted by Crippen LogP contribution is -2.36. The second kappa shape index (κ2) is 6.92. The number of amides is 1. The van der Waals surface area contributed by atoms with Crippen LogP contribution in [0.2, 0.25) is 5.02 Å². The molecule has 0 saturated carbocycles. The molecule has 1 aromatic heterocycles. The highest BCUT2D eigenvalue weighted by Gasteiger charge is 2.21. The number of carbonyl (C=O) groups is 1. The summed E-state index contributed by atoms with van der Waals surface area (Å²) in [6.45, 7) is -0.0625. The number of fused-ring (bicyclic) bond motifs is 2. The molecule has 3 aromatic rings. The molecule has 4 rings (SSSR count). The van der Waals surface area contributed by atoms with Crippen LogP contribution in [0.4, 0.5) is 0 Å². The van der Waals surface area contributed by atoms with E-state index in [1.54, 1.807) is 18.2 Å². The third-order valence-corrected chi connectivity index (χ3v) is 5.04. The first kappa shape index (κ1) is 16.8. The summed E-state index contributed by atoms with van der Waals surface area (Å²) in [7, 11) is 0. The van der Waals surface area contributed by atoms with Crippen molar-refractivity contribution in [3.05, 3.63) is 75.3 Å². The molecule has 1 N–H and O–H groups in total. The third-order valence-electron chi connectivity index (χ3n) is 4.80. The van der Waals surface area contributed by atoms with Crippen molar-refractivity contribution in [2.75, 3.05) is 0 Å². The highest BCUT2D eigenvalue weighted by Crippen LogP contribution is 2.29. The van der Waals surface area contributed by atoms with Gasteiger partial charge in [0.05, 0.1) is 23.3 Å². The minimum atomic E-state index is -0.267. The topological polar surface area (TPSA) is 64.0 Å². The molecule has 1 aliphatic rings. The Balaban J connectivity index is 1.55. The largest absolute Gasteiger partial charge is 0.348 e. The molecule has 132 valence electrons. The van der Waals surface area contributed by atoms with Crippen LogP contribution in [0.1, 0.15) is 30.0 Å². The van der Waals surface area contributed by atoms with E-state index < -0.39 is 0 Å². The van der Waals surface area contributed by atoms with Gasteiger partial charge in [-0.15, -0.1) is 0 Å². The van der Waals surface area contributed by atoms with E-state index in [-0.39, 0.29) is 24.1 Å². The SMILES string of the molecule is O=C(Cn1cnc2ccc(Cl)cc2c1=O)N[C@@H]1CCCc2ccccc21. The first-order valence-electron chi connectivity index (χ1n) is 8.64. The molecule has 6 heteroatoms. The van der Waals surface area contributed by atoms with Gasteiger partial charge < -0.3 is 5.32 Å². The van der Waals surface area contributed by atoms with Crippen LogP contribution >= 0.6 is 11.6 Å². The lowest BCUT2D eigenvalue weighted by molar-refractivity contribution is -0.122. The van der Waals surface area contributed by atoms with E-state index in [0.29, 0.717) is 15.9 Å². The first-order valence-corrected chi connectivity index (χ1v) is 9.01. The van der Waals surface area contributed by atoms with Crippen molar-refractivity contribution in [2.45, 2.75) is 31.8 Å². The van der Waals surface area contributed by atoms with Gasteiger partial charge in [0.2, 0.25) is 5.91 Å². The summed E-state index contributed by atoms with van der Waals surface area (Å²) in [6.07, 6.45) is 4.39. The Bertz CT molecular complexity index is 1040. The van der Waals surface area contributed by atoms with Crippen molar-refractivity contribution >= 4 is 28.4 Å². The Labute approximate surface area is 155 Å². The predicted octanol–water partition coefficient (Wildman–Crippen LogP) is 3.24. The minimum Gasteiger partial charge on any atom is -0.348 e. The number of halogens is 1. The number of carbonyl (C=O) groups excluding carboxylic acids is 1. The van der Waals surface area contributed by atoms with Crippen LogP contribution in [0.15, 0.2) is 53.6 Å². The summed E-state index contributed by atoms with van der Waals surface area (Å²) in [6, 6.07) is 13.1. The van der Waals surface area contributed by atoms with Gasteiger partial charge in [0, 0.05) is 5.02 Å². The molecule has 2 aromatic carbocycles. The van der Waals surface area contributed by atoms with Gasteiger partial charge in [-0.25, -0.2) is 4.98 Å². The van der Waals surface area contributed by atoms with Gasteiger partial charge in [-0.2, -0.15) is 0 Å². The monoisotopic (exact) mass is 367 g/mol. The van der Waals surface area contributed by atoms with Crippen molar-refractivity contribution in [3.8, 4) is 0 Å². The zero-order valence-corrected chi connectivity index (χ0v) is 14.9. The molecule has 1 atom stereocenters. The molecule has 0 radical (unpaired) electrons. The molecule has 0 spiro atoms. The van der Waals surface area contributed by atoms with Crippen LogP contribution in [0.3, 0.4) is 0 Å². The van der Waals surface area contributed by atoms with Gasteiger partial charge in [0.15, 0.2) is 0 Å². The van der Waals surface area contributed by atoms with Crippen LogP contribution in [-0.4, -0.2) is 15.5 Å². The Morgan fingerprint density at radius 1 is 1.27 bits per heavy atom. The number of nitrogens with one attached hydrogen (secondary N) is 1. The van der Waals surface area contributed by atoms with E-state index in [0.717, 1.165) is 19.3 Å². The molecule has 1 amide bonds. The molecule has 5 nitrogen and oxygen atoms in total. The average molecular weight is 368 g/mol. The van der Waals surface area contributed by atoms with Crippen LogP contribution in [0.25, 0.3) is 10.9 Å². The number of hydrogen-bond acceptors (Lipinski definition) is 3. The third kappa shape index (κ3) is 3.22. The number of hydrogen-bond donors (Lipinski definition) is 1. The van der Waals surface area contributed by atoms with E-state index >= 15 is 0 Å². The lowest BCUT2D eigenvalue weighted by Gasteiger charge is -2.26. The molecule has 26 heavy (non-hydrogen) atoms. The second-order valence-electron chi connectivity index (χ2n) is 6.55. The van der Waals surface area contributed by atoms with Crippen LogP contribution < -0.4 is 10.9 Å². The average Bonchev–Trinajstić information content (AvgIpc) is 2.65. The van der Waals surface area contributed by atoms with Gasteiger partial charge in [0.25, 0.3) is 5.56 Å². The Kier molecular flexibility index (Phi) is 4.47. The molecule has 0 bridgehead atoms. The van der Waals surface area contributed by atoms with E-state index in [9.17, 15) is 9.59 Å². The quantitative estimate of drug-likeness (QED) is 0.772. The summed E-state index contributed by atoms with van der Waals surface area (Å²) in [4.78, 5) is 29.4. The molecule has 1 aliphatic carbocycles. The number of benzene rings is 2. The fourth-order valence-electron chi connectivity index (χ4n) is 3.54. The maximum atomic E-state index is 12.6. The van der Waals surface area contributed by atoms with Gasteiger partial charge >= 0.3 is 0 Å². The van der Waals surface area contributed by atoms with Gasteiger partial charge in [-0.1, -0.05) is 35.9 Å². The maximum absolute atomic E-state index is 12.6. The van der Waals surface area contributed by atoms with Gasteiger partial charge in [-0.05, 0) is 48.6 Å². The molecule has 0 saturated heterocycles. The Hall–Kier alpha value is -2.66. The lowest BCUT2D eigenvalue weighted by atomic mass is 9.88. The molecular formula is C20H18ClN3O2. The summed E-state index contributed by atoms with van der Waals surface area (Å²) in [5.74, 6) is -0.197. The van der Waals surface area contributed by atoms with Crippen molar-refractivity contribution in [1.82, 2.24) is 14.9 Å².